The molecule has 0 saturated heterocycles. The lowest BCUT2D eigenvalue weighted by molar-refractivity contribution is 0.426. The zero-order valence-electron chi connectivity index (χ0n) is 10.0. The molecule has 0 aliphatic heterocycles. The van der Waals surface area contributed by atoms with Crippen molar-refractivity contribution in [2.24, 2.45) is 5.92 Å². The van der Waals surface area contributed by atoms with Crippen LogP contribution in [0.3, 0.4) is 0 Å². The molecule has 1 rings (SSSR count). The summed E-state index contributed by atoms with van der Waals surface area (Å²) >= 11 is 0. The number of nitrogen functional groups attached to an aromatic ring is 1. The van der Waals surface area contributed by atoms with Gasteiger partial charge in [-0.3, -0.25) is 0 Å². The molecular weight excluding hydrogens is 228 g/mol. The van der Waals surface area contributed by atoms with Crippen molar-refractivity contribution in [3.63, 3.8) is 0 Å². The summed E-state index contributed by atoms with van der Waals surface area (Å²) < 4.78 is 27.8. The Morgan fingerprint density at radius 2 is 1.94 bits per heavy atom. The monoisotopic (exact) mass is 246 g/mol. The summed E-state index contributed by atoms with van der Waals surface area (Å²) in [5.74, 6) is 0.589. The number of sulfone groups is 1. The van der Waals surface area contributed by atoms with Crippen LogP contribution >= 0.6 is 0 Å². The van der Waals surface area contributed by atoms with Crippen molar-refractivity contribution in [1.82, 2.24) is 5.16 Å². The third kappa shape index (κ3) is 2.75. The van der Waals surface area contributed by atoms with E-state index >= 15 is 0 Å². The second kappa shape index (κ2) is 4.45. The Morgan fingerprint density at radius 3 is 2.38 bits per heavy atom. The fraction of sp³-hybridized carbons (Fsp3) is 0.700. The van der Waals surface area contributed by atoms with E-state index in [-0.39, 0.29) is 5.88 Å². The van der Waals surface area contributed by atoms with Gasteiger partial charge in [-0.05, 0) is 19.3 Å². The molecule has 0 radical (unpaired) electrons. The van der Waals surface area contributed by atoms with E-state index in [1.807, 2.05) is 13.8 Å². The molecule has 6 heteroatoms. The fourth-order valence-electron chi connectivity index (χ4n) is 1.47. The molecule has 0 saturated carbocycles. The molecule has 1 aromatic heterocycles. The van der Waals surface area contributed by atoms with Crippen molar-refractivity contribution in [3.05, 3.63) is 11.3 Å². The molecule has 0 spiro atoms. The van der Waals surface area contributed by atoms with Gasteiger partial charge in [-0.15, -0.1) is 0 Å². The van der Waals surface area contributed by atoms with Crippen LogP contribution in [0.4, 0.5) is 5.88 Å². The van der Waals surface area contributed by atoms with Crippen molar-refractivity contribution < 1.29 is 12.9 Å². The van der Waals surface area contributed by atoms with Gasteiger partial charge >= 0.3 is 0 Å². The summed E-state index contributed by atoms with van der Waals surface area (Å²) in [5.41, 5.74) is 6.80. The first-order valence-corrected chi connectivity index (χ1v) is 7.11. The van der Waals surface area contributed by atoms with Gasteiger partial charge in [0.25, 0.3) is 0 Å². The van der Waals surface area contributed by atoms with Crippen LogP contribution in [0.1, 0.15) is 37.3 Å². The van der Waals surface area contributed by atoms with E-state index < -0.39 is 15.1 Å². The summed E-state index contributed by atoms with van der Waals surface area (Å²) in [6.45, 7) is 5.65. The van der Waals surface area contributed by atoms with E-state index in [4.69, 9.17) is 10.3 Å². The van der Waals surface area contributed by atoms with Crippen LogP contribution < -0.4 is 5.73 Å². The lowest BCUT2D eigenvalue weighted by Crippen LogP contribution is -2.11. The van der Waals surface area contributed by atoms with Crippen LogP contribution in [0.15, 0.2) is 4.52 Å². The summed E-state index contributed by atoms with van der Waals surface area (Å²) in [5, 5.41) is 3.08. The van der Waals surface area contributed by atoms with E-state index in [0.717, 1.165) is 0 Å². The maximum Gasteiger partial charge on any atom is 0.225 e. The van der Waals surface area contributed by atoms with Crippen molar-refractivity contribution >= 4 is 15.7 Å². The Bertz CT molecular complexity index is 462. The molecular formula is C10H18N2O3S. The molecule has 16 heavy (non-hydrogen) atoms. The maximum absolute atomic E-state index is 11.5. The van der Waals surface area contributed by atoms with Gasteiger partial charge in [0.05, 0.1) is 0 Å². The fourth-order valence-corrected chi connectivity index (χ4v) is 2.06. The molecule has 1 unspecified atom stereocenters. The lowest BCUT2D eigenvalue weighted by Gasteiger charge is -2.09. The lowest BCUT2D eigenvalue weighted by atomic mass is 10.0. The van der Waals surface area contributed by atoms with E-state index in [9.17, 15) is 8.42 Å². The minimum atomic E-state index is -3.18. The first-order chi connectivity index (χ1) is 7.23. The van der Waals surface area contributed by atoms with Crippen molar-refractivity contribution in [2.45, 2.75) is 32.4 Å². The number of nitrogens with zero attached hydrogens (tertiary/aromatic N) is 1. The van der Waals surface area contributed by atoms with Crippen LogP contribution in [0, 0.1) is 5.92 Å². The summed E-state index contributed by atoms with van der Waals surface area (Å²) in [4.78, 5) is 0. The number of nitrogens with two attached hydrogens (primary N) is 1. The van der Waals surface area contributed by atoms with E-state index in [2.05, 4.69) is 5.16 Å². The van der Waals surface area contributed by atoms with Crippen LogP contribution in [-0.4, -0.2) is 19.8 Å². The topological polar surface area (TPSA) is 86.2 Å². The van der Waals surface area contributed by atoms with E-state index in [1.165, 1.54) is 6.26 Å². The summed E-state index contributed by atoms with van der Waals surface area (Å²) in [6.07, 6.45) is 1.85. The smallest absolute Gasteiger partial charge is 0.225 e. The van der Waals surface area contributed by atoms with Crippen LogP contribution in [0.2, 0.25) is 0 Å². The predicted molar refractivity (Wildman–Crippen MR) is 62.7 cm³/mol. The van der Waals surface area contributed by atoms with Gasteiger partial charge in [0.2, 0.25) is 5.88 Å². The standard InChI is InChI=1S/C10H18N2O3S/c1-6(2)5-8-9(12-15-10(8)11)7(3)16(4,13)14/h6-7H,5,11H2,1-4H3. The molecule has 0 aliphatic rings. The van der Waals surface area contributed by atoms with Crippen LogP contribution in [-0.2, 0) is 16.3 Å². The summed E-state index contributed by atoms with van der Waals surface area (Å²) in [7, 11) is -3.18. The molecule has 1 heterocycles. The quantitative estimate of drug-likeness (QED) is 0.871. The van der Waals surface area contributed by atoms with Gasteiger partial charge in [0.1, 0.15) is 10.9 Å². The molecule has 1 aromatic rings. The van der Waals surface area contributed by atoms with Gasteiger partial charge in [-0.25, -0.2) is 8.42 Å². The zero-order chi connectivity index (χ0) is 12.5. The van der Waals surface area contributed by atoms with Gasteiger partial charge in [0, 0.05) is 11.8 Å². The number of rotatable bonds is 4. The van der Waals surface area contributed by atoms with Crippen LogP contribution in [0.5, 0.6) is 0 Å². The maximum atomic E-state index is 11.5. The highest BCUT2D eigenvalue weighted by Crippen LogP contribution is 2.29. The highest BCUT2D eigenvalue weighted by molar-refractivity contribution is 7.90. The molecule has 5 nitrogen and oxygen atoms in total. The Kier molecular flexibility index (Phi) is 3.62. The number of anilines is 1. The van der Waals surface area contributed by atoms with Gasteiger partial charge in [-0.1, -0.05) is 19.0 Å². The average molecular weight is 246 g/mol. The highest BCUT2D eigenvalue weighted by atomic mass is 32.2. The normalized spacial score (nSPS) is 14.3. The Balaban J connectivity index is 3.15. The van der Waals surface area contributed by atoms with Crippen molar-refractivity contribution in [1.29, 1.82) is 0 Å². The van der Waals surface area contributed by atoms with Gasteiger partial charge in [0.15, 0.2) is 9.84 Å². The highest BCUT2D eigenvalue weighted by Gasteiger charge is 2.26. The Morgan fingerprint density at radius 1 is 1.38 bits per heavy atom. The van der Waals surface area contributed by atoms with Crippen molar-refractivity contribution in [2.75, 3.05) is 12.0 Å². The molecule has 92 valence electrons. The number of hydrogen-bond acceptors (Lipinski definition) is 5. The molecule has 0 aliphatic carbocycles. The minimum absolute atomic E-state index is 0.221. The summed E-state index contributed by atoms with van der Waals surface area (Å²) in [6, 6.07) is 0. The third-order valence-corrected chi connectivity index (χ3v) is 4.00. The second-order valence-corrected chi connectivity index (χ2v) is 6.85. The molecule has 0 aromatic carbocycles. The number of aromatic nitrogens is 1. The first kappa shape index (κ1) is 13.0. The largest absolute Gasteiger partial charge is 0.367 e. The van der Waals surface area contributed by atoms with E-state index in [0.29, 0.717) is 23.6 Å². The first-order valence-electron chi connectivity index (χ1n) is 5.16. The third-order valence-electron chi connectivity index (χ3n) is 2.49. The second-order valence-electron chi connectivity index (χ2n) is 4.48. The predicted octanol–water partition coefficient (Wildman–Crippen LogP) is 1.56. The molecule has 0 bridgehead atoms. The zero-order valence-corrected chi connectivity index (χ0v) is 10.8. The average Bonchev–Trinajstić information content (AvgIpc) is 2.45. The molecule has 0 amide bonds. The molecule has 2 N–H and O–H groups in total. The van der Waals surface area contributed by atoms with E-state index in [1.54, 1.807) is 6.92 Å². The Labute approximate surface area is 95.9 Å². The molecule has 0 fully saturated rings. The number of hydrogen-bond donors (Lipinski definition) is 1. The SMILES string of the molecule is CC(C)Cc1c(C(C)S(C)(=O)=O)noc1N. The minimum Gasteiger partial charge on any atom is -0.367 e. The van der Waals surface area contributed by atoms with Crippen LogP contribution in [0.25, 0.3) is 0 Å². The van der Waals surface area contributed by atoms with Crippen molar-refractivity contribution in [3.8, 4) is 0 Å². The molecule has 1 atom stereocenters. The van der Waals surface area contributed by atoms with Gasteiger partial charge < -0.3 is 10.3 Å². The Hall–Kier alpha value is -1.04. The van der Waals surface area contributed by atoms with Gasteiger partial charge in [-0.2, -0.15) is 0 Å².